The number of nitrogens with zero attached hydrogens (tertiary/aromatic N) is 1. The molecule has 0 aliphatic carbocycles. The number of piperidine rings is 1. The predicted molar refractivity (Wildman–Crippen MR) is 90.3 cm³/mol. The van der Waals surface area contributed by atoms with Gasteiger partial charge in [0.2, 0.25) is 5.91 Å². The standard InChI is InChI=1S/C16H24BrN3O/c1-2-19-11-13-3-4-14(10-15(13)17)20-7-5-12(6-8-20)9-16(18)21/h3-4,10,12,19H,2,5-9,11H2,1H3,(H2,18,21). The van der Waals surface area contributed by atoms with E-state index in [4.69, 9.17) is 5.73 Å². The lowest BCUT2D eigenvalue weighted by molar-refractivity contribution is -0.119. The third kappa shape index (κ3) is 4.71. The molecule has 1 amide bonds. The number of hydrogen-bond acceptors (Lipinski definition) is 3. The minimum absolute atomic E-state index is 0.177. The van der Waals surface area contributed by atoms with E-state index in [1.807, 2.05) is 0 Å². The van der Waals surface area contributed by atoms with Crippen molar-refractivity contribution in [2.75, 3.05) is 24.5 Å². The fourth-order valence-corrected chi connectivity index (χ4v) is 3.32. The maximum absolute atomic E-state index is 11.0. The van der Waals surface area contributed by atoms with Crippen molar-refractivity contribution in [3.05, 3.63) is 28.2 Å². The van der Waals surface area contributed by atoms with Crippen LogP contribution in [0.1, 0.15) is 31.7 Å². The van der Waals surface area contributed by atoms with Crippen LogP contribution >= 0.6 is 15.9 Å². The normalized spacial score (nSPS) is 16.2. The first-order valence-corrected chi connectivity index (χ1v) is 8.41. The summed E-state index contributed by atoms with van der Waals surface area (Å²) >= 11 is 3.66. The molecule has 0 bridgehead atoms. The molecule has 21 heavy (non-hydrogen) atoms. The molecule has 0 atom stereocenters. The second-order valence-electron chi connectivity index (χ2n) is 5.66. The topological polar surface area (TPSA) is 58.4 Å². The third-order valence-corrected chi connectivity index (χ3v) is 4.81. The number of benzene rings is 1. The highest BCUT2D eigenvalue weighted by molar-refractivity contribution is 9.10. The molecule has 0 aromatic heterocycles. The Balaban J connectivity index is 1.94. The lowest BCUT2D eigenvalue weighted by atomic mass is 9.93. The summed E-state index contributed by atoms with van der Waals surface area (Å²) in [6, 6.07) is 6.56. The molecule has 0 spiro atoms. The van der Waals surface area contributed by atoms with Crippen LogP contribution in [0.25, 0.3) is 0 Å². The van der Waals surface area contributed by atoms with Crippen molar-refractivity contribution < 1.29 is 4.79 Å². The van der Waals surface area contributed by atoms with Gasteiger partial charge in [-0.05, 0) is 43.0 Å². The number of hydrogen-bond donors (Lipinski definition) is 2. The highest BCUT2D eigenvalue weighted by Gasteiger charge is 2.21. The van der Waals surface area contributed by atoms with E-state index in [1.165, 1.54) is 11.3 Å². The fraction of sp³-hybridized carbons (Fsp3) is 0.562. The second-order valence-corrected chi connectivity index (χ2v) is 6.51. The Hall–Kier alpha value is -1.07. The molecule has 116 valence electrons. The van der Waals surface area contributed by atoms with E-state index >= 15 is 0 Å². The summed E-state index contributed by atoms with van der Waals surface area (Å²) in [4.78, 5) is 13.4. The molecule has 1 fully saturated rings. The zero-order valence-corrected chi connectivity index (χ0v) is 14.2. The van der Waals surface area contributed by atoms with Gasteiger partial charge in [0.1, 0.15) is 0 Å². The molecule has 0 saturated carbocycles. The SMILES string of the molecule is CCNCc1ccc(N2CCC(CC(N)=O)CC2)cc1Br. The number of nitrogens with one attached hydrogen (secondary N) is 1. The molecule has 0 unspecified atom stereocenters. The summed E-state index contributed by atoms with van der Waals surface area (Å²) in [5, 5.41) is 3.34. The van der Waals surface area contributed by atoms with Crippen LogP contribution in [0.4, 0.5) is 5.69 Å². The average molecular weight is 354 g/mol. The molecule has 2 rings (SSSR count). The van der Waals surface area contributed by atoms with Gasteiger partial charge in [0.05, 0.1) is 0 Å². The number of halogens is 1. The molecular weight excluding hydrogens is 330 g/mol. The van der Waals surface area contributed by atoms with Crippen LogP contribution in [0.3, 0.4) is 0 Å². The van der Waals surface area contributed by atoms with Gasteiger partial charge in [-0.2, -0.15) is 0 Å². The highest BCUT2D eigenvalue weighted by Crippen LogP contribution is 2.28. The Kier molecular flexibility index (Phi) is 6.06. The molecule has 5 heteroatoms. The number of carbonyl (C=O) groups is 1. The van der Waals surface area contributed by atoms with Crippen molar-refractivity contribution in [3.63, 3.8) is 0 Å². The molecular formula is C16H24BrN3O. The van der Waals surface area contributed by atoms with Crippen LogP contribution in [-0.4, -0.2) is 25.5 Å². The molecule has 3 N–H and O–H groups in total. The Labute approximate surface area is 135 Å². The van der Waals surface area contributed by atoms with E-state index in [1.54, 1.807) is 0 Å². The van der Waals surface area contributed by atoms with Crippen LogP contribution in [0.2, 0.25) is 0 Å². The summed E-state index contributed by atoms with van der Waals surface area (Å²) in [6.45, 7) is 5.96. The van der Waals surface area contributed by atoms with Crippen LogP contribution in [0.5, 0.6) is 0 Å². The van der Waals surface area contributed by atoms with Gasteiger partial charge in [-0.3, -0.25) is 4.79 Å². The van der Waals surface area contributed by atoms with Crippen molar-refractivity contribution in [2.45, 2.75) is 32.7 Å². The van der Waals surface area contributed by atoms with E-state index in [0.717, 1.165) is 43.5 Å². The Morgan fingerprint density at radius 2 is 2.14 bits per heavy atom. The van der Waals surface area contributed by atoms with Gasteiger partial charge >= 0.3 is 0 Å². The zero-order chi connectivity index (χ0) is 15.2. The van der Waals surface area contributed by atoms with Crippen molar-refractivity contribution in [1.82, 2.24) is 5.32 Å². The maximum atomic E-state index is 11.0. The van der Waals surface area contributed by atoms with Crippen molar-refractivity contribution >= 4 is 27.5 Å². The predicted octanol–water partition coefficient (Wildman–Crippen LogP) is 2.65. The molecule has 1 saturated heterocycles. The number of primary amides is 1. The van der Waals surface area contributed by atoms with Gasteiger partial charge in [-0.1, -0.05) is 28.9 Å². The van der Waals surface area contributed by atoms with Gasteiger partial charge in [0.25, 0.3) is 0 Å². The quantitative estimate of drug-likeness (QED) is 0.826. The summed E-state index contributed by atoms with van der Waals surface area (Å²) in [7, 11) is 0. The number of rotatable bonds is 6. The Morgan fingerprint density at radius 3 is 2.71 bits per heavy atom. The minimum Gasteiger partial charge on any atom is -0.371 e. The van der Waals surface area contributed by atoms with Crippen LogP contribution in [0.15, 0.2) is 22.7 Å². The molecule has 1 aromatic carbocycles. The third-order valence-electron chi connectivity index (χ3n) is 4.07. The lowest BCUT2D eigenvalue weighted by Gasteiger charge is -2.33. The van der Waals surface area contributed by atoms with Crippen LogP contribution in [0, 0.1) is 5.92 Å². The smallest absolute Gasteiger partial charge is 0.217 e. The van der Waals surface area contributed by atoms with E-state index in [9.17, 15) is 4.79 Å². The monoisotopic (exact) mass is 353 g/mol. The van der Waals surface area contributed by atoms with Gasteiger partial charge in [0.15, 0.2) is 0 Å². The first-order valence-electron chi connectivity index (χ1n) is 7.62. The molecule has 1 aromatic rings. The molecule has 1 aliphatic heterocycles. The fourth-order valence-electron chi connectivity index (χ4n) is 2.82. The van der Waals surface area contributed by atoms with Crippen molar-refractivity contribution in [1.29, 1.82) is 0 Å². The van der Waals surface area contributed by atoms with Gasteiger partial charge < -0.3 is 16.0 Å². The molecule has 1 aliphatic rings. The number of anilines is 1. The second kappa shape index (κ2) is 7.80. The number of nitrogens with two attached hydrogens (primary N) is 1. The summed E-state index contributed by atoms with van der Waals surface area (Å²) in [6.07, 6.45) is 2.61. The summed E-state index contributed by atoms with van der Waals surface area (Å²) < 4.78 is 1.15. The zero-order valence-electron chi connectivity index (χ0n) is 12.6. The highest BCUT2D eigenvalue weighted by atomic mass is 79.9. The molecule has 4 nitrogen and oxygen atoms in total. The number of carbonyl (C=O) groups excluding carboxylic acids is 1. The van der Waals surface area contributed by atoms with E-state index in [-0.39, 0.29) is 5.91 Å². The minimum atomic E-state index is -0.177. The molecule has 1 heterocycles. The number of amides is 1. The van der Waals surface area contributed by atoms with Crippen molar-refractivity contribution in [3.8, 4) is 0 Å². The summed E-state index contributed by atoms with van der Waals surface area (Å²) in [5.74, 6) is 0.277. The summed E-state index contributed by atoms with van der Waals surface area (Å²) in [5.41, 5.74) is 7.81. The van der Waals surface area contributed by atoms with E-state index < -0.39 is 0 Å². The maximum Gasteiger partial charge on any atom is 0.217 e. The van der Waals surface area contributed by atoms with E-state index in [0.29, 0.717) is 12.3 Å². The van der Waals surface area contributed by atoms with Gasteiger partial charge in [-0.15, -0.1) is 0 Å². The van der Waals surface area contributed by atoms with Crippen LogP contribution < -0.4 is 16.0 Å². The first kappa shape index (κ1) is 16.3. The van der Waals surface area contributed by atoms with Crippen LogP contribution in [-0.2, 0) is 11.3 Å². The average Bonchev–Trinajstić information content (AvgIpc) is 2.46. The first-order chi connectivity index (χ1) is 10.1. The van der Waals surface area contributed by atoms with Gasteiger partial charge in [-0.25, -0.2) is 0 Å². The van der Waals surface area contributed by atoms with Crippen molar-refractivity contribution in [2.24, 2.45) is 11.7 Å². The molecule has 0 radical (unpaired) electrons. The Morgan fingerprint density at radius 1 is 1.43 bits per heavy atom. The van der Waals surface area contributed by atoms with E-state index in [2.05, 4.69) is 51.3 Å². The lowest BCUT2D eigenvalue weighted by Crippen LogP contribution is -2.35. The van der Waals surface area contributed by atoms with Gasteiger partial charge in [0, 0.05) is 36.2 Å². The largest absolute Gasteiger partial charge is 0.371 e. The Bertz CT molecular complexity index is 484.